The van der Waals surface area contributed by atoms with Gasteiger partial charge in [0, 0.05) is 79.2 Å². The smallest absolute Gasteiger partial charge is 0.489 e. The zero-order valence-electron chi connectivity index (χ0n) is 53.7. The van der Waals surface area contributed by atoms with Gasteiger partial charge in [0.05, 0.1) is 31.5 Å². The van der Waals surface area contributed by atoms with E-state index in [1.807, 2.05) is 26.0 Å². The van der Waals surface area contributed by atoms with Crippen LogP contribution in [-0.4, -0.2) is 154 Å². The van der Waals surface area contributed by atoms with Crippen LogP contribution in [0, 0.1) is 11.8 Å². The summed E-state index contributed by atoms with van der Waals surface area (Å²) in [5, 5.41) is 14.3. The molecule has 1 aliphatic carbocycles. The second-order valence-electron chi connectivity index (χ2n) is 21.8. The number of nitrogen functional groups attached to an aromatic ring is 1. The highest BCUT2D eigenvalue weighted by Gasteiger charge is 2.44. The second kappa shape index (κ2) is 35.6. The van der Waals surface area contributed by atoms with Crippen molar-refractivity contribution in [3.8, 4) is 29.0 Å². The maximum atomic E-state index is 13.9. The summed E-state index contributed by atoms with van der Waals surface area (Å²) < 4.78 is 81.9. The van der Waals surface area contributed by atoms with Gasteiger partial charge in [-0.15, -0.1) is 0 Å². The van der Waals surface area contributed by atoms with Crippen LogP contribution in [0.25, 0.3) is 33.5 Å². The number of hydrogen-bond acceptors (Lipinski definition) is 25. The molecule has 4 heterocycles. The molecular weight excluding hydrogens is 1370 g/mol. The fourth-order valence-corrected chi connectivity index (χ4v) is 12.8. The summed E-state index contributed by atoms with van der Waals surface area (Å²) in [6.45, 7) is 3.52. The fraction of sp³-hybridized carbons (Fsp3) is 0.339. The average Bonchev–Trinajstić information content (AvgIpc) is 1.76. The molecule has 7 atom stereocenters. The van der Waals surface area contributed by atoms with Crippen LogP contribution in [0.2, 0.25) is 0 Å². The summed E-state index contributed by atoms with van der Waals surface area (Å²) in [5.74, 6) is 2.54. The summed E-state index contributed by atoms with van der Waals surface area (Å²) in [6, 6.07) is 16.7. The number of carbonyl (C=O) groups excluding carboxylic acids is 5. The highest BCUT2D eigenvalue weighted by Crippen LogP contribution is 2.66. The number of nitrogens with one attached hydrogen (secondary N) is 5. The van der Waals surface area contributed by atoms with Crippen LogP contribution in [0.3, 0.4) is 0 Å². The Hall–Kier alpha value is -9.30. The molecule has 0 spiro atoms. The van der Waals surface area contributed by atoms with E-state index in [1.54, 1.807) is 72.9 Å². The number of rotatable bonds is 34. The molecule has 5 amide bonds. The standard InChI is InChI=1S/C62H73N12O23P3/c1-3-73(4-2)43-22-20-39-28-45(61(80)95-49(39)30-43)60-71-46-29-41(21-23-48(46)94-60)58(78)70-47(32-69-56(76)38-15-9-6-5-7-10-16-38)59(79)68-25-12-8-11-24-67-57(77)40-17-13-19-44(27-40)89-35-52(64)90-36-53(75)66-26-14-18-42-33-74(62(81)72-55(42)65)54-31-50(91-37-63)51(93-54)34-92-99(85,86)97-100(87,88)96-98(82,83)84/h5-7,9-10,13,15-17,19-23,27-30,33,47,50-52,54H,3-4,8,11-12,24-26,31-32,34-37,63-64H2,1-2H3,(H,66,75)(H,67,77)(H,68,79)(H,69,76)(H,70,78)(H,85,86)(H,87,88)(H2,65,72,81)(H2,82,83,84)/b6-5-,7-5?,9-6?,10-7-,15-9-,16-10?,38-15?,38-16+. The topological polar surface area (TPSA) is 515 Å². The van der Waals surface area contributed by atoms with Crippen molar-refractivity contribution in [2.45, 2.75) is 70.2 Å². The van der Waals surface area contributed by atoms with Crippen molar-refractivity contribution < 1.29 is 98.2 Å². The van der Waals surface area contributed by atoms with Crippen molar-refractivity contribution in [2.24, 2.45) is 11.5 Å². The molecule has 15 N–H and O–H groups in total. The quantitative estimate of drug-likeness (QED) is 0.00908. The molecule has 1 fully saturated rings. The Balaban J connectivity index is 0.754. The van der Waals surface area contributed by atoms with Gasteiger partial charge < -0.3 is 96.0 Å². The lowest BCUT2D eigenvalue weighted by molar-refractivity contribution is -0.128. The molecule has 3 aromatic heterocycles. The molecule has 8 rings (SSSR count). The maximum Gasteiger partial charge on any atom is 0.490 e. The Bertz CT molecular complexity index is 4440. The van der Waals surface area contributed by atoms with Crippen molar-refractivity contribution >= 4 is 86.6 Å². The SMILES string of the molecule is CCN(CC)c1ccc2cc(-c3nc4cc(C(=O)NC(CNC(=O)C5=C/C=C\C=C/C=C\5)C(=O)NCCCCCNC(=O)c5cccc(OCC(N)OCC(=O)NCC#Cc6cn(C7CC(OCN)C(COP(=O)(O)OP(=O)(O)OP(=O)(O)O)O7)c(=O)nc6N)c5)ccc4o3)c(=O)oc2c1. The lowest BCUT2D eigenvalue weighted by Crippen LogP contribution is -2.52. The molecule has 100 heavy (non-hydrogen) atoms. The van der Waals surface area contributed by atoms with Crippen LogP contribution in [0.15, 0.2) is 139 Å². The Kier molecular flexibility index (Phi) is 27.3. The number of fused-ring (bicyclic) bond motifs is 2. The number of nitrogens with zero attached hydrogens (tertiary/aromatic N) is 4. The largest absolute Gasteiger partial charge is 0.490 e. The van der Waals surface area contributed by atoms with E-state index in [0.29, 0.717) is 35.8 Å². The van der Waals surface area contributed by atoms with Crippen LogP contribution in [0.5, 0.6) is 5.75 Å². The molecule has 534 valence electrons. The Morgan fingerprint density at radius 1 is 0.810 bits per heavy atom. The third kappa shape index (κ3) is 22.6. The molecule has 0 saturated carbocycles. The number of phosphoric acid groups is 3. The second-order valence-corrected chi connectivity index (χ2v) is 26.2. The van der Waals surface area contributed by atoms with Gasteiger partial charge in [0.1, 0.15) is 66.0 Å². The number of amides is 5. The highest BCUT2D eigenvalue weighted by atomic mass is 31.3. The van der Waals surface area contributed by atoms with Gasteiger partial charge >= 0.3 is 34.8 Å². The predicted octanol–water partition coefficient (Wildman–Crippen LogP) is 2.91. The minimum absolute atomic E-state index is 0.00470. The van der Waals surface area contributed by atoms with E-state index in [0.717, 1.165) is 23.3 Å². The van der Waals surface area contributed by atoms with Crippen molar-refractivity contribution in [3.05, 3.63) is 159 Å². The van der Waals surface area contributed by atoms with Crippen molar-refractivity contribution in [1.82, 2.24) is 41.1 Å². The van der Waals surface area contributed by atoms with Crippen LogP contribution in [-0.2, 0) is 55.4 Å². The fourth-order valence-electron chi connectivity index (χ4n) is 9.79. The summed E-state index contributed by atoms with van der Waals surface area (Å²) >= 11 is 0. The summed E-state index contributed by atoms with van der Waals surface area (Å²) in [4.78, 5) is 140. The van der Waals surface area contributed by atoms with Gasteiger partial charge in [-0.2, -0.15) is 13.6 Å². The summed E-state index contributed by atoms with van der Waals surface area (Å²) in [7, 11) is -17.0. The van der Waals surface area contributed by atoms with Crippen molar-refractivity contribution in [2.75, 3.05) is 76.5 Å². The van der Waals surface area contributed by atoms with Crippen LogP contribution >= 0.6 is 23.5 Å². The third-order valence-electron chi connectivity index (χ3n) is 14.6. The number of oxazole rings is 1. The van der Waals surface area contributed by atoms with E-state index >= 15 is 0 Å². The van der Waals surface area contributed by atoms with Crippen LogP contribution < -0.4 is 64.7 Å². The van der Waals surface area contributed by atoms with Gasteiger partial charge in [0.25, 0.3) is 17.7 Å². The van der Waals surface area contributed by atoms with Gasteiger partial charge in [-0.25, -0.2) is 28.3 Å². The van der Waals surface area contributed by atoms with Crippen LogP contribution in [0.4, 0.5) is 11.5 Å². The normalized spacial score (nSPS) is 18.4. The molecule has 3 aromatic carbocycles. The summed E-state index contributed by atoms with van der Waals surface area (Å²) in [6.07, 6.45) is 9.90. The summed E-state index contributed by atoms with van der Waals surface area (Å²) in [5.41, 5.74) is 18.5. The average molecular weight is 1450 g/mol. The molecule has 1 aliphatic heterocycles. The molecule has 35 nitrogen and oxygen atoms in total. The zero-order chi connectivity index (χ0) is 72.2. The number of nitrogens with two attached hydrogens (primary N) is 3. The first-order valence-electron chi connectivity index (χ1n) is 30.8. The van der Waals surface area contributed by atoms with Gasteiger partial charge in [-0.1, -0.05) is 48.3 Å². The first-order valence-corrected chi connectivity index (χ1v) is 35.3. The van der Waals surface area contributed by atoms with E-state index in [4.69, 9.17) is 54.8 Å². The minimum atomic E-state index is -5.81. The van der Waals surface area contributed by atoms with E-state index in [1.165, 1.54) is 30.5 Å². The Labute approximate surface area is 569 Å². The number of hydrogen-bond donors (Lipinski definition) is 12. The lowest BCUT2D eigenvalue weighted by Gasteiger charge is -2.21. The number of allylic oxidation sites excluding steroid dienone is 6. The Morgan fingerprint density at radius 3 is 2.32 bits per heavy atom. The molecule has 1 saturated heterocycles. The van der Waals surface area contributed by atoms with Gasteiger partial charge in [-0.3, -0.25) is 33.1 Å². The lowest BCUT2D eigenvalue weighted by atomic mass is 10.1. The number of aromatic nitrogens is 3. The first kappa shape index (κ1) is 76.5. The van der Waals surface area contributed by atoms with E-state index in [9.17, 15) is 57.0 Å². The molecule has 6 aromatic rings. The van der Waals surface area contributed by atoms with E-state index in [2.05, 4.69) is 66.4 Å². The predicted molar refractivity (Wildman–Crippen MR) is 359 cm³/mol. The molecule has 0 radical (unpaired) electrons. The van der Waals surface area contributed by atoms with Gasteiger partial charge in [0.2, 0.25) is 17.7 Å². The van der Waals surface area contributed by atoms with Gasteiger partial charge in [-0.05, 0) is 99.9 Å². The molecule has 0 bridgehead atoms. The Morgan fingerprint density at radius 2 is 1.56 bits per heavy atom. The molecule has 38 heteroatoms. The third-order valence-corrected chi connectivity index (χ3v) is 18.5. The van der Waals surface area contributed by atoms with Crippen molar-refractivity contribution in [3.63, 3.8) is 0 Å². The van der Waals surface area contributed by atoms with Crippen LogP contribution in [0.1, 0.15) is 72.0 Å². The molecule has 7 unspecified atom stereocenters. The first-order chi connectivity index (χ1) is 47.7. The number of ether oxygens (including phenoxy) is 4. The number of benzene rings is 3. The van der Waals surface area contributed by atoms with Crippen molar-refractivity contribution in [1.29, 1.82) is 0 Å². The number of phosphoric ester groups is 1. The van der Waals surface area contributed by atoms with E-state index in [-0.39, 0.29) is 90.0 Å². The number of carbonyl (C=O) groups is 5. The minimum Gasteiger partial charge on any atom is -0.489 e. The van der Waals surface area contributed by atoms with E-state index < -0.39 is 115 Å². The number of unbranched alkanes of at least 4 members (excludes halogenated alkanes) is 2. The monoisotopic (exact) mass is 1450 g/mol. The molecule has 2 aliphatic rings. The zero-order valence-corrected chi connectivity index (χ0v) is 56.3. The van der Waals surface area contributed by atoms with Gasteiger partial charge in [0.15, 0.2) is 5.58 Å². The highest BCUT2D eigenvalue weighted by molar-refractivity contribution is 7.66. The maximum absolute atomic E-state index is 13.9. The molecular formula is C62H73N12O23P3. The number of anilines is 2.